The van der Waals surface area contributed by atoms with Crippen molar-refractivity contribution in [1.82, 2.24) is 0 Å². The third-order valence-corrected chi connectivity index (χ3v) is 3.73. The molecule has 16 heavy (non-hydrogen) atoms. The second kappa shape index (κ2) is 4.83. The van der Waals surface area contributed by atoms with Gasteiger partial charge in [0.25, 0.3) is 0 Å². The Morgan fingerprint density at radius 1 is 1.12 bits per heavy atom. The highest BCUT2D eigenvalue weighted by Gasteiger charge is 2.27. The van der Waals surface area contributed by atoms with E-state index < -0.39 is 0 Å². The predicted octanol–water partition coefficient (Wildman–Crippen LogP) is 2.81. The molecule has 0 N–H and O–H groups in total. The second-order valence-electron chi connectivity index (χ2n) is 4.10. The molecule has 0 aromatic heterocycles. The van der Waals surface area contributed by atoms with Crippen molar-refractivity contribution in [3.05, 3.63) is 29.8 Å². The number of thioether (sulfide) groups is 1. The van der Waals surface area contributed by atoms with Crippen LogP contribution in [0.1, 0.15) is 30.7 Å². The topological polar surface area (TPSA) is 34.1 Å². The number of hydrogen-bond acceptors (Lipinski definition) is 3. The molecule has 0 saturated heterocycles. The number of ketones is 2. The summed E-state index contributed by atoms with van der Waals surface area (Å²) in [5.74, 6) is 0.256. The van der Waals surface area contributed by atoms with Gasteiger partial charge in [-0.25, -0.2) is 0 Å². The summed E-state index contributed by atoms with van der Waals surface area (Å²) in [4.78, 5) is 24.0. The van der Waals surface area contributed by atoms with Gasteiger partial charge >= 0.3 is 0 Å². The van der Waals surface area contributed by atoms with Gasteiger partial charge in [0, 0.05) is 17.7 Å². The Morgan fingerprint density at radius 3 is 2.38 bits per heavy atom. The number of rotatable bonds is 2. The van der Waals surface area contributed by atoms with Crippen LogP contribution in [0.2, 0.25) is 0 Å². The molecule has 2 nitrogen and oxygen atoms in total. The molecular formula is C13H14O2S. The SMILES string of the molecule is CSc1ccccc1C1CC(=O)CC(=O)C1. The molecule has 0 unspecified atom stereocenters. The first-order valence-electron chi connectivity index (χ1n) is 5.37. The van der Waals surface area contributed by atoms with E-state index in [1.165, 1.54) is 4.90 Å². The number of benzene rings is 1. The number of hydrogen-bond donors (Lipinski definition) is 0. The third-order valence-electron chi connectivity index (χ3n) is 2.92. The second-order valence-corrected chi connectivity index (χ2v) is 4.95. The Kier molecular flexibility index (Phi) is 3.44. The van der Waals surface area contributed by atoms with Crippen LogP contribution in [-0.4, -0.2) is 17.8 Å². The van der Waals surface area contributed by atoms with Crippen molar-refractivity contribution in [2.75, 3.05) is 6.26 Å². The van der Waals surface area contributed by atoms with Gasteiger partial charge in [-0.3, -0.25) is 9.59 Å². The zero-order valence-corrected chi connectivity index (χ0v) is 10.0. The van der Waals surface area contributed by atoms with Crippen molar-refractivity contribution in [2.45, 2.75) is 30.1 Å². The van der Waals surface area contributed by atoms with E-state index in [1.807, 2.05) is 30.5 Å². The normalized spacial score (nSPS) is 17.8. The Hall–Kier alpha value is -1.09. The molecule has 0 aliphatic heterocycles. The lowest BCUT2D eigenvalue weighted by atomic mass is 9.83. The quantitative estimate of drug-likeness (QED) is 0.583. The monoisotopic (exact) mass is 234 g/mol. The lowest BCUT2D eigenvalue weighted by Gasteiger charge is -2.22. The molecule has 3 heteroatoms. The fourth-order valence-corrected chi connectivity index (χ4v) is 2.89. The van der Waals surface area contributed by atoms with Gasteiger partial charge < -0.3 is 0 Å². The smallest absolute Gasteiger partial charge is 0.140 e. The number of carbonyl (C=O) groups excluding carboxylic acids is 2. The summed E-state index contributed by atoms with van der Waals surface area (Å²) in [5, 5.41) is 0. The zero-order chi connectivity index (χ0) is 11.5. The molecule has 0 atom stereocenters. The predicted molar refractivity (Wildman–Crippen MR) is 64.8 cm³/mol. The average molecular weight is 234 g/mol. The Labute approximate surface area is 99.4 Å². The van der Waals surface area contributed by atoms with Gasteiger partial charge in [-0.2, -0.15) is 0 Å². The Bertz CT molecular complexity index is 410. The number of carbonyl (C=O) groups is 2. The largest absolute Gasteiger partial charge is 0.299 e. The average Bonchev–Trinajstić information content (AvgIpc) is 2.27. The van der Waals surface area contributed by atoms with Gasteiger partial charge in [0.2, 0.25) is 0 Å². The molecule has 0 heterocycles. The standard InChI is InChI=1S/C13H14O2S/c1-16-13-5-3-2-4-12(13)9-6-10(14)8-11(15)7-9/h2-5,9H,6-8H2,1H3. The molecule has 0 amide bonds. The fourth-order valence-electron chi connectivity index (χ4n) is 2.21. The molecule has 0 radical (unpaired) electrons. The van der Waals surface area contributed by atoms with Gasteiger partial charge in [-0.05, 0) is 23.8 Å². The minimum atomic E-state index is 0.0807. The Balaban J connectivity index is 2.29. The summed E-state index contributed by atoms with van der Waals surface area (Å²) in [6.07, 6.45) is 3.19. The molecule has 1 aromatic carbocycles. The maximum atomic E-state index is 11.4. The summed E-state index contributed by atoms with van der Waals surface area (Å²) in [5.41, 5.74) is 1.15. The Morgan fingerprint density at radius 2 is 1.75 bits per heavy atom. The molecule has 1 aliphatic rings. The first kappa shape index (κ1) is 11.4. The molecule has 0 bridgehead atoms. The van der Waals surface area contributed by atoms with E-state index >= 15 is 0 Å². The number of Topliss-reactive ketones (excluding diaryl/α,β-unsaturated/α-hetero) is 2. The van der Waals surface area contributed by atoms with Gasteiger partial charge in [0.1, 0.15) is 11.6 Å². The summed E-state index contributed by atoms with van der Waals surface area (Å²) in [7, 11) is 0. The minimum absolute atomic E-state index is 0.0807. The van der Waals surface area contributed by atoms with Crippen LogP contribution < -0.4 is 0 Å². The third kappa shape index (κ3) is 2.35. The van der Waals surface area contributed by atoms with Gasteiger partial charge in [-0.1, -0.05) is 18.2 Å². The van der Waals surface area contributed by atoms with Crippen LogP contribution in [0.5, 0.6) is 0 Å². The molecule has 1 aromatic rings. The van der Waals surface area contributed by atoms with Crippen LogP contribution in [0, 0.1) is 0 Å². The van der Waals surface area contributed by atoms with Crippen molar-refractivity contribution < 1.29 is 9.59 Å². The van der Waals surface area contributed by atoms with E-state index in [1.54, 1.807) is 11.8 Å². The van der Waals surface area contributed by atoms with E-state index in [0.717, 1.165) is 5.56 Å². The van der Waals surface area contributed by atoms with Crippen LogP contribution in [0.4, 0.5) is 0 Å². The first-order chi connectivity index (χ1) is 7.70. The van der Waals surface area contributed by atoms with E-state index in [0.29, 0.717) is 12.8 Å². The summed E-state index contributed by atoms with van der Waals surface area (Å²) in [6.45, 7) is 0. The first-order valence-corrected chi connectivity index (χ1v) is 6.59. The van der Waals surface area contributed by atoms with Crippen molar-refractivity contribution in [2.24, 2.45) is 0 Å². The molecular weight excluding hydrogens is 220 g/mol. The maximum absolute atomic E-state index is 11.4. The minimum Gasteiger partial charge on any atom is -0.299 e. The van der Waals surface area contributed by atoms with Crippen LogP contribution in [-0.2, 0) is 9.59 Å². The zero-order valence-electron chi connectivity index (χ0n) is 9.23. The van der Waals surface area contributed by atoms with Gasteiger partial charge in [-0.15, -0.1) is 11.8 Å². The van der Waals surface area contributed by atoms with E-state index in [-0.39, 0.29) is 23.9 Å². The van der Waals surface area contributed by atoms with E-state index in [9.17, 15) is 9.59 Å². The van der Waals surface area contributed by atoms with Crippen LogP contribution >= 0.6 is 11.8 Å². The van der Waals surface area contributed by atoms with Gasteiger partial charge in [0.05, 0.1) is 6.42 Å². The van der Waals surface area contributed by atoms with Crippen molar-refractivity contribution in [3.63, 3.8) is 0 Å². The molecule has 2 rings (SSSR count). The van der Waals surface area contributed by atoms with E-state index in [2.05, 4.69) is 0 Å². The van der Waals surface area contributed by atoms with Crippen molar-refractivity contribution in [3.8, 4) is 0 Å². The lowest BCUT2D eigenvalue weighted by Crippen LogP contribution is -2.21. The summed E-state index contributed by atoms with van der Waals surface area (Å²) < 4.78 is 0. The fraction of sp³-hybridized carbons (Fsp3) is 0.385. The lowest BCUT2D eigenvalue weighted by molar-refractivity contribution is -0.130. The van der Waals surface area contributed by atoms with Crippen molar-refractivity contribution >= 4 is 23.3 Å². The highest BCUT2D eigenvalue weighted by Crippen LogP contribution is 2.34. The summed E-state index contributed by atoms with van der Waals surface area (Å²) in [6, 6.07) is 8.03. The van der Waals surface area contributed by atoms with E-state index in [4.69, 9.17) is 0 Å². The molecule has 0 spiro atoms. The highest BCUT2D eigenvalue weighted by molar-refractivity contribution is 7.98. The molecule has 1 fully saturated rings. The van der Waals surface area contributed by atoms with Crippen molar-refractivity contribution in [1.29, 1.82) is 0 Å². The molecule has 84 valence electrons. The molecule has 1 aliphatic carbocycles. The van der Waals surface area contributed by atoms with Crippen LogP contribution in [0.3, 0.4) is 0 Å². The summed E-state index contributed by atoms with van der Waals surface area (Å²) >= 11 is 1.67. The van der Waals surface area contributed by atoms with Gasteiger partial charge in [0.15, 0.2) is 0 Å². The molecule has 1 saturated carbocycles. The highest BCUT2D eigenvalue weighted by atomic mass is 32.2. The maximum Gasteiger partial charge on any atom is 0.140 e. The van der Waals surface area contributed by atoms with Crippen LogP contribution in [0.25, 0.3) is 0 Å². The van der Waals surface area contributed by atoms with Crippen LogP contribution in [0.15, 0.2) is 29.2 Å².